The van der Waals surface area contributed by atoms with E-state index < -0.39 is 5.97 Å². The van der Waals surface area contributed by atoms with Crippen LogP contribution in [0.5, 0.6) is 11.5 Å². The van der Waals surface area contributed by atoms with Crippen LogP contribution in [0.2, 0.25) is 0 Å². The van der Waals surface area contributed by atoms with Crippen LogP contribution >= 0.6 is 15.9 Å². The number of rotatable bonds is 7. The molecule has 0 fully saturated rings. The summed E-state index contributed by atoms with van der Waals surface area (Å²) < 4.78 is 16.4. The zero-order valence-corrected chi connectivity index (χ0v) is 19.5. The van der Waals surface area contributed by atoms with Crippen molar-refractivity contribution in [3.63, 3.8) is 0 Å². The van der Waals surface area contributed by atoms with Gasteiger partial charge in [-0.2, -0.15) is 0 Å². The Bertz CT molecular complexity index is 1070. The molecule has 0 saturated carbocycles. The van der Waals surface area contributed by atoms with Crippen molar-refractivity contribution in [2.75, 3.05) is 27.9 Å². The standard InChI is InChI=1S/C24H24BrNO5/c1-15-22(24(28)31-4)18(14-17-7-5-6-8-19(17)25)23(27)26(15)12-11-16-9-10-20(29-2)21(13-16)30-3/h5-10,13-14H,11-12H2,1-4H3/b18-14-. The first-order valence-electron chi connectivity index (χ1n) is 9.69. The molecular weight excluding hydrogens is 462 g/mol. The zero-order chi connectivity index (χ0) is 22.5. The molecule has 1 aliphatic heterocycles. The molecule has 2 aromatic rings. The Balaban J connectivity index is 1.91. The fourth-order valence-electron chi connectivity index (χ4n) is 3.52. The van der Waals surface area contributed by atoms with Crippen LogP contribution in [-0.4, -0.2) is 44.7 Å². The number of ether oxygens (including phenoxy) is 3. The van der Waals surface area contributed by atoms with Crippen molar-refractivity contribution >= 4 is 33.9 Å². The SMILES string of the molecule is COC(=O)C1=C(C)N(CCc2ccc(OC)c(OC)c2)C(=O)/C1=C\c1ccccc1Br. The van der Waals surface area contributed by atoms with Crippen LogP contribution in [0.3, 0.4) is 0 Å². The molecule has 0 aromatic heterocycles. The number of esters is 1. The summed E-state index contributed by atoms with van der Waals surface area (Å²) in [7, 11) is 4.48. The van der Waals surface area contributed by atoms with Crippen molar-refractivity contribution in [3.05, 3.63) is 74.9 Å². The second kappa shape index (κ2) is 9.83. The molecule has 7 heteroatoms. The molecule has 0 unspecified atom stereocenters. The average Bonchev–Trinajstić information content (AvgIpc) is 3.02. The summed E-state index contributed by atoms with van der Waals surface area (Å²) in [5.41, 5.74) is 2.98. The molecule has 1 amide bonds. The van der Waals surface area contributed by atoms with Gasteiger partial charge in [0.05, 0.1) is 32.5 Å². The summed E-state index contributed by atoms with van der Waals surface area (Å²) in [5, 5.41) is 0. The molecule has 0 saturated heterocycles. The second-order valence-electron chi connectivity index (χ2n) is 6.93. The first-order chi connectivity index (χ1) is 14.9. The van der Waals surface area contributed by atoms with Crippen molar-refractivity contribution in [2.45, 2.75) is 13.3 Å². The highest BCUT2D eigenvalue weighted by atomic mass is 79.9. The summed E-state index contributed by atoms with van der Waals surface area (Å²) >= 11 is 3.49. The van der Waals surface area contributed by atoms with Crippen molar-refractivity contribution in [3.8, 4) is 11.5 Å². The zero-order valence-electron chi connectivity index (χ0n) is 17.9. The van der Waals surface area contributed by atoms with Crippen molar-refractivity contribution in [1.29, 1.82) is 0 Å². The number of hydrogen-bond donors (Lipinski definition) is 0. The maximum Gasteiger partial charge on any atom is 0.340 e. The fourth-order valence-corrected chi connectivity index (χ4v) is 3.92. The molecule has 0 N–H and O–H groups in total. The number of benzene rings is 2. The van der Waals surface area contributed by atoms with Gasteiger partial charge in [-0.3, -0.25) is 4.79 Å². The Labute approximate surface area is 190 Å². The Kier molecular flexibility index (Phi) is 7.17. The minimum absolute atomic E-state index is 0.228. The summed E-state index contributed by atoms with van der Waals surface area (Å²) in [6, 6.07) is 13.2. The highest BCUT2D eigenvalue weighted by Gasteiger charge is 2.36. The van der Waals surface area contributed by atoms with E-state index in [2.05, 4.69) is 15.9 Å². The number of carbonyl (C=O) groups excluding carboxylic acids is 2. The van der Waals surface area contributed by atoms with E-state index in [-0.39, 0.29) is 11.5 Å². The Hall–Kier alpha value is -3.06. The lowest BCUT2D eigenvalue weighted by atomic mass is 10.0. The second-order valence-corrected chi connectivity index (χ2v) is 7.78. The van der Waals surface area contributed by atoms with Gasteiger partial charge in [-0.25, -0.2) is 4.79 Å². The van der Waals surface area contributed by atoms with E-state index in [0.29, 0.717) is 35.7 Å². The molecule has 2 aromatic carbocycles. The molecule has 0 spiro atoms. The summed E-state index contributed by atoms with van der Waals surface area (Å²) in [6.07, 6.45) is 2.30. The van der Waals surface area contributed by atoms with Gasteiger partial charge < -0.3 is 19.1 Å². The molecule has 0 radical (unpaired) electrons. The lowest BCUT2D eigenvalue weighted by molar-refractivity contribution is -0.136. The Morgan fingerprint density at radius 1 is 1.06 bits per heavy atom. The molecule has 0 bridgehead atoms. The van der Waals surface area contributed by atoms with Crippen molar-refractivity contribution < 1.29 is 23.8 Å². The number of carbonyl (C=O) groups is 2. The quantitative estimate of drug-likeness (QED) is 0.430. The van der Waals surface area contributed by atoms with E-state index in [9.17, 15) is 9.59 Å². The summed E-state index contributed by atoms with van der Waals surface area (Å²) in [5.74, 6) is 0.517. The Morgan fingerprint density at radius 3 is 2.42 bits per heavy atom. The predicted molar refractivity (Wildman–Crippen MR) is 122 cm³/mol. The van der Waals surface area contributed by atoms with E-state index in [0.717, 1.165) is 15.6 Å². The molecule has 6 nitrogen and oxygen atoms in total. The van der Waals surface area contributed by atoms with E-state index >= 15 is 0 Å². The number of nitrogens with zero attached hydrogens (tertiary/aromatic N) is 1. The minimum Gasteiger partial charge on any atom is -0.493 e. The van der Waals surface area contributed by atoms with Crippen LogP contribution in [0, 0.1) is 0 Å². The van der Waals surface area contributed by atoms with E-state index in [1.807, 2.05) is 42.5 Å². The number of halogens is 1. The topological polar surface area (TPSA) is 65.1 Å². The van der Waals surface area contributed by atoms with Crippen LogP contribution in [-0.2, 0) is 20.7 Å². The normalized spacial score (nSPS) is 14.9. The van der Waals surface area contributed by atoms with Crippen LogP contribution in [0.1, 0.15) is 18.1 Å². The van der Waals surface area contributed by atoms with Gasteiger partial charge in [0, 0.05) is 16.7 Å². The fraction of sp³-hybridized carbons (Fsp3) is 0.250. The molecule has 3 rings (SSSR count). The third-order valence-electron chi connectivity index (χ3n) is 5.18. The number of hydrogen-bond acceptors (Lipinski definition) is 5. The van der Waals surface area contributed by atoms with Crippen LogP contribution < -0.4 is 9.47 Å². The molecule has 162 valence electrons. The maximum atomic E-state index is 13.3. The van der Waals surface area contributed by atoms with Crippen LogP contribution in [0.4, 0.5) is 0 Å². The highest BCUT2D eigenvalue weighted by Crippen LogP contribution is 2.33. The van der Waals surface area contributed by atoms with Gasteiger partial charge >= 0.3 is 5.97 Å². The number of amides is 1. The van der Waals surface area contributed by atoms with Gasteiger partial charge in [0.25, 0.3) is 5.91 Å². The third-order valence-corrected chi connectivity index (χ3v) is 5.90. The van der Waals surface area contributed by atoms with Gasteiger partial charge in [0.1, 0.15) is 0 Å². The lowest BCUT2D eigenvalue weighted by Gasteiger charge is -2.18. The molecule has 31 heavy (non-hydrogen) atoms. The summed E-state index contributed by atoms with van der Waals surface area (Å²) in [4.78, 5) is 27.4. The molecular formula is C24H24BrNO5. The van der Waals surface area contributed by atoms with Gasteiger partial charge in [0.2, 0.25) is 0 Å². The molecule has 1 aliphatic rings. The molecule has 1 heterocycles. The summed E-state index contributed by atoms with van der Waals surface area (Å²) in [6.45, 7) is 2.17. The van der Waals surface area contributed by atoms with Crippen LogP contribution in [0.15, 0.2) is 63.8 Å². The van der Waals surface area contributed by atoms with E-state index in [4.69, 9.17) is 14.2 Å². The predicted octanol–water partition coefficient (Wildman–Crippen LogP) is 4.38. The van der Waals surface area contributed by atoms with E-state index in [1.165, 1.54) is 7.11 Å². The minimum atomic E-state index is -0.530. The first kappa shape index (κ1) is 22.6. The largest absolute Gasteiger partial charge is 0.493 e. The van der Waals surface area contributed by atoms with Gasteiger partial charge in [-0.1, -0.05) is 40.2 Å². The lowest BCUT2D eigenvalue weighted by Crippen LogP contribution is -2.27. The first-order valence-corrected chi connectivity index (χ1v) is 10.5. The monoisotopic (exact) mass is 485 g/mol. The highest BCUT2D eigenvalue weighted by molar-refractivity contribution is 9.10. The average molecular weight is 486 g/mol. The van der Waals surface area contributed by atoms with Gasteiger partial charge in [0.15, 0.2) is 11.5 Å². The number of methoxy groups -OCH3 is 3. The van der Waals surface area contributed by atoms with E-state index in [1.54, 1.807) is 32.1 Å². The van der Waals surface area contributed by atoms with Gasteiger partial charge in [-0.15, -0.1) is 0 Å². The van der Waals surface area contributed by atoms with Crippen LogP contribution in [0.25, 0.3) is 6.08 Å². The number of allylic oxidation sites excluding steroid dienone is 1. The van der Waals surface area contributed by atoms with Crippen molar-refractivity contribution in [2.24, 2.45) is 0 Å². The van der Waals surface area contributed by atoms with Gasteiger partial charge in [-0.05, 0) is 48.7 Å². The molecule has 0 aliphatic carbocycles. The maximum absolute atomic E-state index is 13.3. The third kappa shape index (κ3) is 4.66. The Morgan fingerprint density at radius 2 is 1.77 bits per heavy atom. The van der Waals surface area contributed by atoms with Crippen molar-refractivity contribution in [1.82, 2.24) is 4.90 Å². The molecule has 0 atom stereocenters. The smallest absolute Gasteiger partial charge is 0.340 e.